The number of hydrogen-bond donors (Lipinski definition) is 1. The molecule has 1 heterocycles. The Kier molecular flexibility index (Phi) is 5.44. The molecule has 1 saturated heterocycles. The number of ether oxygens (including phenoxy) is 1. The van der Waals surface area contributed by atoms with E-state index in [9.17, 15) is 8.42 Å². The summed E-state index contributed by atoms with van der Waals surface area (Å²) in [5, 5.41) is 0. The molecule has 0 aliphatic carbocycles. The van der Waals surface area contributed by atoms with Crippen LogP contribution in [-0.2, 0) is 10.2 Å². The van der Waals surface area contributed by atoms with Gasteiger partial charge in [-0.05, 0) is 37.9 Å². The Morgan fingerprint density at radius 1 is 1.33 bits per heavy atom. The zero-order valence-electron chi connectivity index (χ0n) is 12.4. The molecule has 1 aliphatic heterocycles. The molecule has 7 heteroatoms. The molecule has 0 bridgehead atoms. The lowest BCUT2D eigenvalue weighted by Crippen LogP contribution is -2.43. The number of nitrogens with two attached hydrogens (primary N) is 1. The SMILES string of the molecule is COc1cccc(N(CCCN)S(=O)(=O)N2CCCC2)c1. The second kappa shape index (κ2) is 7.11. The normalized spacial score (nSPS) is 16.1. The molecule has 0 saturated carbocycles. The van der Waals surface area contributed by atoms with Gasteiger partial charge < -0.3 is 10.5 Å². The van der Waals surface area contributed by atoms with Crippen molar-refractivity contribution in [3.8, 4) is 5.75 Å². The first-order valence-corrected chi connectivity index (χ1v) is 8.61. The molecule has 1 aliphatic rings. The van der Waals surface area contributed by atoms with E-state index in [1.54, 1.807) is 35.7 Å². The van der Waals surface area contributed by atoms with Gasteiger partial charge in [0.2, 0.25) is 0 Å². The fourth-order valence-electron chi connectivity index (χ4n) is 2.44. The largest absolute Gasteiger partial charge is 0.497 e. The molecule has 2 rings (SSSR count). The Bertz CT molecular complexity index is 556. The predicted octanol–water partition coefficient (Wildman–Crippen LogP) is 1.19. The van der Waals surface area contributed by atoms with E-state index in [1.165, 1.54) is 4.31 Å². The quantitative estimate of drug-likeness (QED) is 0.820. The van der Waals surface area contributed by atoms with Crippen molar-refractivity contribution in [3.63, 3.8) is 0 Å². The fourth-order valence-corrected chi connectivity index (χ4v) is 4.17. The number of anilines is 1. The molecule has 1 aromatic carbocycles. The topological polar surface area (TPSA) is 75.9 Å². The number of nitrogens with zero attached hydrogens (tertiary/aromatic N) is 2. The summed E-state index contributed by atoms with van der Waals surface area (Å²) in [6.07, 6.45) is 2.45. The van der Waals surface area contributed by atoms with E-state index in [0.717, 1.165) is 12.8 Å². The van der Waals surface area contributed by atoms with Crippen LogP contribution in [0.15, 0.2) is 24.3 Å². The summed E-state index contributed by atoms with van der Waals surface area (Å²) in [5.74, 6) is 0.641. The van der Waals surface area contributed by atoms with Gasteiger partial charge in [0, 0.05) is 25.7 Å². The highest BCUT2D eigenvalue weighted by molar-refractivity contribution is 7.90. The van der Waals surface area contributed by atoms with Gasteiger partial charge in [0.15, 0.2) is 0 Å². The molecule has 21 heavy (non-hydrogen) atoms. The highest BCUT2D eigenvalue weighted by Crippen LogP contribution is 2.26. The molecule has 6 nitrogen and oxygen atoms in total. The number of rotatable bonds is 7. The number of benzene rings is 1. The Labute approximate surface area is 126 Å². The molecule has 118 valence electrons. The molecule has 1 fully saturated rings. The van der Waals surface area contributed by atoms with Gasteiger partial charge in [-0.2, -0.15) is 12.7 Å². The molecule has 0 unspecified atom stereocenters. The van der Waals surface area contributed by atoms with Gasteiger partial charge in [-0.15, -0.1) is 0 Å². The molecule has 2 N–H and O–H groups in total. The third-order valence-electron chi connectivity index (χ3n) is 3.58. The lowest BCUT2D eigenvalue weighted by Gasteiger charge is -2.29. The van der Waals surface area contributed by atoms with Crippen LogP contribution in [-0.4, -0.2) is 46.0 Å². The molecule has 0 atom stereocenters. The van der Waals surface area contributed by atoms with Crippen molar-refractivity contribution in [1.29, 1.82) is 0 Å². The average Bonchev–Trinajstić information content (AvgIpc) is 3.03. The van der Waals surface area contributed by atoms with Crippen LogP contribution in [0.25, 0.3) is 0 Å². The summed E-state index contributed by atoms with van der Waals surface area (Å²) in [5.41, 5.74) is 6.17. The highest BCUT2D eigenvalue weighted by atomic mass is 32.2. The monoisotopic (exact) mass is 313 g/mol. The number of hydrogen-bond acceptors (Lipinski definition) is 4. The van der Waals surface area contributed by atoms with Crippen molar-refractivity contribution in [2.75, 3.05) is 37.6 Å². The number of methoxy groups -OCH3 is 1. The predicted molar refractivity (Wildman–Crippen MR) is 83.7 cm³/mol. The van der Waals surface area contributed by atoms with E-state index < -0.39 is 10.2 Å². The van der Waals surface area contributed by atoms with Crippen LogP contribution in [0.5, 0.6) is 5.75 Å². The van der Waals surface area contributed by atoms with Gasteiger partial charge in [0.05, 0.1) is 12.8 Å². The second-order valence-corrected chi connectivity index (χ2v) is 6.88. The Morgan fingerprint density at radius 3 is 2.67 bits per heavy atom. The van der Waals surface area contributed by atoms with E-state index in [2.05, 4.69) is 0 Å². The molecular weight excluding hydrogens is 290 g/mol. The van der Waals surface area contributed by atoms with Crippen LogP contribution in [0.4, 0.5) is 5.69 Å². The van der Waals surface area contributed by atoms with Crippen molar-refractivity contribution in [2.45, 2.75) is 19.3 Å². The van der Waals surface area contributed by atoms with Crippen molar-refractivity contribution in [2.24, 2.45) is 5.73 Å². The Balaban J connectivity index is 2.32. The van der Waals surface area contributed by atoms with Crippen molar-refractivity contribution in [3.05, 3.63) is 24.3 Å². The van der Waals surface area contributed by atoms with Gasteiger partial charge in [0.1, 0.15) is 5.75 Å². The van der Waals surface area contributed by atoms with E-state index in [-0.39, 0.29) is 0 Å². The van der Waals surface area contributed by atoms with E-state index in [4.69, 9.17) is 10.5 Å². The Hall–Kier alpha value is -1.31. The molecule has 0 amide bonds. The lowest BCUT2D eigenvalue weighted by molar-refractivity contribution is 0.415. The van der Waals surface area contributed by atoms with Crippen LogP contribution >= 0.6 is 0 Å². The van der Waals surface area contributed by atoms with E-state index in [1.807, 2.05) is 0 Å². The minimum Gasteiger partial charge on any atom is -0.497 e. The summed E-state index contributed by atoms with van der Waals surface area (Å²) in [4.78, 5) is 0. The molecular formula is C14H23N3O3S. The minimum atomic E-state index is -3.50. The van der Waals surface area contributed by atoms with Crippen LogP contribution in [0.1, 0.15) is 19.3 Å². The maximum Gasteiger partial charge on any atom is 0.304 e. The molecule has 0 aromatic heterocycles. The first-order valence-electron chi connectivity index (χ1n) is 7.21. The summed E-state index contributed by atoms with van der Waals surface area (Å²) < 4.78 is 33.8. The van der Waals surface area contributed by atoms with Crippen molar-refractivity contribution < 1.29 is 13.2 Å². The van der Waals surface area contributed by atoms with E-state index in [0.29, 0.717) is 44.0 Å². The standard InChI is InChI=1S/C14H23N3O3S/c1-20-14-7-4-6-13(12-14)17(11-5-8-15)21(18,19)16-9-2-3-10-16/h4,6-7,12H,2-3,5,8-11,15H2,1H3. The molecule has 0 spiro atoms. The zero-order valence-corrected chi connectivity index (χ0v) is 13.2. The first kappa shape index (κ1) is 16.1. The van der Waals surface area contributed by atoms with Crippen LogP contribution in [0, 0.1) is 0 Å². The molecule has 0 radical (unpaired) electrons. The smallest absolute Gasteiger partial charge is 0.304 e. The second-order valence-electron chi connectivity index (χ2n) is 5.03. The van der Waals surface area contributed by atoms with Gasteiger partial charge in [-0.3, -0.25) is 4.31 Å². The third kappa shape index (κ3) is 3.66. The van der Waals surface area contributed by atoms with Gasteiger partial charge in [-0.25, -0.2) is 0 Å². The highest BCUT2D eigenvalue weighted by Gasteiger charge is 2.31. The minimum absolute atomic E-state index is 0.377. The Morgan fingerprint density at radius 2 is 2.05 bits per heavy atom. The molecule has 1 aromatic rings. The third-order valence-corrected chi connectivity index (χ3v) is 5.54. The fraction of sp³-hybridized carbons (Fsp3) is 0.571. The summed E-state index contributed by atoms with van der Waals surface area (Å²) in [6, 6.07) is 7.12. The summed E-state index contributed by atoms with van der Waals surface area (Å²) in [7, 11) is -1.93. The van der Waals surface area contributed by atoms with Gasteiger partial charge in [-0.1, -0.05) is 6.07 Å². The van der Waals surface area contributed by atoms with Crippen molar-refractivity contribution >= 4 is 15.9 Å². The summed E-state index contributed by atoms with van der Waals surface area (Å²) in [6.45, 7) is 2.01. The lowest BCUT2D eigenvalue weighted by atomic mass is 10.3. The van der Waals surface area contributed by atoms with Crippen molar-refractivity contribution in [1.82, 2.24) is 4.31 Å². The maximum absolute atomic E-state index is 12.8. The average molecular weight is 313 g/mol. The van der Waals surface area contributed by atoms with Crippen LogP contribution in [0.2, 0.25) is 0 Å². The maximum atomic E-state index is 12.8. The van der Waals surface area contributed by atoms with Crippen LogP contribution in [0.3, 0.4) is 0 Å². The summed E-state index contributed by atoms with van der Waals surface area (Å²) >= 11 is 0. The van der Waals surface area contributed by atoms with E-state index >= 15 is 0 Å². The zero-order chi connectivity index (χ0) is 15.3. The van der Waals surface area contributed by atoms with Gasteiger partial charge >= 0.3 is 10.2 Å². The van der Waals surface area contributed by atoms with Gasteiger partial charge in [0.25, 0.3) is 0 Å². The first-order chi connectivity index (χ1) is 10.1. The van der Waals surface area contributed by atoms with Crippen LogP contribution < -0.4 is 14.8 Å².